The Hall–Kier alpha value is -3.69. The van der Waals surface area contributed by atoms with Crippen molar-refractivity contribution >= 4 is 54.8 Å². The molecule has 5 aromatic rings. The van der Waals surface area contributed by atoms with Gasteiger partial charge in [-0.05, 0) is 42.2 Å². The molecule has 0 fully saturated rings. The third-order valence-electron chi connectivity index (χ3n) is 6.59. The Kier molecular flexibility index (Phi) is 5.71. The highest BCUT2D eigenvalue weighted by Gasteiger charge is 2.21. The van der Waals surface area contributed by atoms with E-state index < -0.39 is 0 Å². The molecule has 0 saturated heterocycles. The van der Waals surface area contributed by atoms with Gasteiger partial charge in [-0.2, -0.15) is 0 Å². The molecular formula is C32H25BrN2. The lowest BCUT2D eigenvalue weighted by molar-refractivity contribution is 0.743. The zero-order valence-electron chi connectivity index (χ0n) is 19.5. The summed E-state index contributed by atoms with van der Waals surface area (Å²) in [4.78, 5) is 5.36. The second-order valence-corrected chi connectivity index (χ2v) is 9.98. The molecular weight excluding hydrogens is 492 g/mol. The Morgan fingerprint density at radius 1 is 0.743 bits per heavy atom. The van der Waals surface area contributed by atoms with Crippen LogP contribution in [0.3, 0.4) is 0 Å². The molecule has 0 radical (unpaired) electrons. The van der Waals surface area contributed by atoms with E-state index in [1.165, 1.54) is 21.8 Å². The maximum absolute atomic E-state index is 5.36. The van der Waals surface area contributed by atoms with Gasteiger partial charge >= 0.3 is 0 Å². The molecule has 4 aromatic carbocycles. The van der Waals surface area contributed by atoms with Gasteiger partial charge in [0.15, 0.2) is 0 Å². The van der Waals surface area contributed by atoms with Crippen LogP contribution in [0.4, 0.5) is 0 Å². The number of aliphatic imine (C=N–C) groups is 1. The fourth-order valence-electron chi connectivity index (χ4n) is 4.92. The van der Waals surface area contributed by atoms with Crippen LogP contribution in [0, 0.1) is 5.92 Å². The average molecular weight is 517 g/mol. The summed E-state index contributed by atoms with van der Waals surface area (Å²) in [5.41, 5.74) is 7.75. The van der Waals surface area contributed by atoms with E-state index in [9.17, 15) is 0 Å². The molecule has 2 nitrogen and oxygen atoms in total. The van der Waals surface area contributed by atoms with Gasteiger partial charge in [0, 0.05) is 20.8 Å². The Morgan fingerprint density at radius 2 is 1.40 bits per heavy atom. The number of hydrogen-bond donors (Lipinski definition) is 0. The van der Waals surface area contributed by atoms with Crippen LogP contribution >= 0.6 is 15.9 Å². The van der Waals surface area contributed by atoms with Gasteiger partial charge in [0.2, 0.25) is 0 Å². The quantitative estimate of drug-likeness (QED) is 0.227. The van der Waals surface area contributed by atoms with Gasteiger partial charge in [-0.25, -0.2) is 4.99 Å². The van der Waals surface area contributed by atoms with Crippen LogP contribution in [-0.2, 0) is 0 Å². The number of allylic oxidation sites excluding steroid dienone is 3. The Morgan fingerprint density at radius 3 is 2.17 bits per heavy atom. The number of rotatable bonds is 3. The van der Waals surface area contributed by atoms with Gasteiger partial charge in [-0.3, -0.25) is 0 Å². The van der Waals surface area contributed by atoms with Crippen molar-refractivity contribution < 1.29 is 0 Å². The summed E-state index contributed by atoms with van der Waals surface area (Å²) in [5.74, 6) is 0.351. The largest absolute Gasteiger partial charge is 0.307 e. The second-order valence-electron chi connectivity index (χ2n) is 9.06. The van der Waals surface area contributed by atoms with Crippen molar-refractivity contribution in [2.45, 2.75) is 13.3 Å². The maximum Gasteiger partial charge on any atom is 0.0946 e. The first-order valence-electron chi connectivity index (χ1n) is 12.0. The van der Waals surface area contributed by atoms with Crippen molar-refractivity contribution in [3.8, 4) is 0 Å². The third kappa shape index (κ3) is 4.06. The molecule has 1 unspecified atom stereocenters. The summed E-state index contributed by atoms with van der Waals surface area (Å²) >= 11 is 3.68. The first-order valence-corrected chi connectivity index (χ1v) is 12.8. The van der Waals surface area contributed by atoms with Crippen molar-refractivity contribution in [2.75, 3.05) is 0 Å². The van der Waals surface area contributed by atoms with Gasteiger partial charge in [-0.1, -0.05) is 114 Å². The maximum atomic E-state index is 5.36. The average Bonchev–Trinajstić information content (AvgIpc) is 3.21. The monoisotopic (exact) mass is 516 g/mol. The first kappa shape index (κ1) is 21.8. The number of fused-ring (bicyclic) bond motifs is 3. The summed E-state index contributed by atoms with van der Waals surface area (Å²) < 4.78 is 3.48. The van der Waals surface area contributed by atoms with Crippen LogP contribution in [0.2, 0.25) is 0 Å². The van der Waals surface area contributed by atoms with Crippen molar-refractivity contribution in [3.63, 3.8) is 0 Å². The minimum absolute atomic E-state index is 0.351. The molecule has 0 bridgehead atoms. The van der Waals surface area contributed by atoms with Crippen molar-refractivity contribution in [3.05, 3.63) is 131 Å². The summed E-state index contributed by atoms with van der Waals surface area (Å²) in [5, 5.41) is 2.47. The molecule has 1 aromatic heterocycles. The number of halogens is 1. The number of benzene rings is 4. The molecule has 1 aliphatic rings. The van der Waals surface area contributed by atoms with E-state index >= 15 is 0 Å². The lowest BCUT2D eigenvalue weighted by atomic mass is 9.97. The number of nitrogens with zero attached hydrogens (tertiary/aromatic N) is 2. The molecule has 1 atom stereocenters. The topological polar surface area (TPSA) is 17.3 Å². The van der Waals surface area contributed by atoms with Crippen LogP contribution in [-0.4, -0.2) is 10.3 Å². The highest BCUT2D eigenvalue weighted by Crippen LogP contribution is 2.36. The van der Waals surface area contributed by atoms with Gasteiger partial charge in [-0.15, -0.1) is 0 Å². The Balaban J connectivity index is 1.68. The molecule has 0 aliphatic carbocycles. The number of hydrogen-bond acceptors (Lipinski definition) is 1. The van der Waals surface area contributed by atoms with Gasteiger partial charge in [0.1, 0.15) is 0 Å². The SMILES string of the molecule is CC1\C=C(n2c3ccccc3c3cc(Br)ccc32)/C(c2ccccc2)=N\C(c2ccccc2)=C\C1. The molecule has 0 spiro atoms. The molecule has 35 heavy (non-hydrogen) atoms. The molecule has 170 valence electrons. The minimum Gasteiger partial charge on any atom is -0.307 e. The van der Waals surface area contributed by atoms with Gasteiger partial charge < -0.3 is 4.57 Å². The van der Waals surface area contributed by atoms with Crippen LogP contribution in [0.25, 0.3) is 33.2 Å². The summed E-state index contributed by atoms with van der Waals surface area (Å²) in [7, 11) is 0. The Labute approximate surface area is 214 Å². The molecule has 0 saturated carbocycles. The van der Waals surface area contributed by atoms with E-state index in [1.54, 1.807) is 0 Å². The van der Waals surface area contributed by atoms with E-state index in [-0.39, 0.29) is 0 Å². The highest BCUT2D eigenvalue weighted by molar-refractivity contribution is 9.10. The van der Waals surface area contributed by atoms with E-state index in [1.807, 2.05) is 0 Å². The molecule has 2 heterocycles. The first-order chi connectivity index (χ1) is 17.2. The van der Waals surface area contributed by atoms with E-state index in [0.717, 1.165) is 39.1 Å². The van der Waals surface area contributed by atoms with Crippen molar-refractivity contribution in [1.82, 2.24) is 4.57 Å². The predicted octanol–water partition coefficient (Wildman–Crippen LogP) is 8.97. The van der Waals surface area contributed by atoms with Crippen molar-refractivity contribution in [2.24, 2.45) is 10.9 Å². The Bertz CT molecular complexity index is 1620. The zero-order chi connectivity index (χ0) is 23.8. The fourth-order valence-corrected chi connectivity index (χ4v) is 5.28. The molecule has 1 aliphatic heterocycles. The summed E-state index contributed by atoms with van der Waals surface area (Å²) in [6.07, 6.45) is 5.60. The third-order valence-corrected chi connectivity index (χ3v) is 7.09. The normalized spacial score (nSPS) is 20.9. The fraction of sp³-hybridized carbons (Fsp3) is 0.0938. The van der Waals surface area contributed by atoms with Crippen molar-refractivity contribution in [1.29, 1.82) is 0 Å². The number of aromatic nitrogens is 1. The van der Waals surface area contributed by atoms with Crippen LogP contribution in [0.1, 0.15) is 24.5 Å². The molecule has 0 amide bonds. The van der Waals surface area contributed by atoms with Gasteiger partial charge in [0.25, 0.3) is 0 Å². The van der Waals surface area contributed by atoms with E-state index in [4.69, 9.17) is 4.99 Å². The molecule has 6 rings (SSSR count). The van der Waals surface area contributed by atoms with Crippen LogP contribution in [0.15, 0.2) is 125 Å². The lowest BCUT2D eigenvalue weighted by Crippen LogP contribution is -2.14. The zero-order valence-corrected chi connectivity index (χ0v) is 21.1. The van der Waals surface area contributed by atoms with Crippen LogP contribution < -0.4 is 0 Å². The van der Waals surface area contributed by atoms with Gasteiger partial charge in [0.05, 0.1) is 28.1 Å². The standard InChI is InChI=1S/C32H25BrN2/c1-22-16-18-28(23-10-4-2-5-11-23)34-32(24-12-6-3-7-13-24)31(20-22)35-29-15-9-8-14-26(29)27-21-25(33)17-19-30(27)35/h2-15,17-22H,16H2,1H3/b28-18+,31-20+,34-32-. The predicted molar refractivity (Wildman–Crippen MR) is 153 cm³/mol. The summed E-state index contributed by atoms with van der Waals surface area (Å²) in [6, 6.07) is 36.3. The second kappa shape index (κ2) is 9.16. The van der Waals surface area contributed by atoms with E-state index in [0.29, 0.717) is 5.92 Å². The molecule has 0 N–H and O–H groups in total. The minimum atomic E-state index is 0.351. The van der Waals surface area contributed by atoms with Crippen LogP contribution in [0.5, 0.6) is 0 Å². The van der Waals surface area contributed by atoms with E-state index in [2.05, 4.69) is 143 Å². The summed E-state index contributed by atoms with van der Waals surface area (Å²) in [6.45, 7) is 2.29. The smallest absolute Gasteiger partial charge is 0.0946 e. The molecule has 3 heteroatoms. The lowest BCUT2D eigenvalue weighted by Gasteiger charge is -2.21. The number of para-hydroxylation sites is 1. The highest BCUT2D eigenvalue weighted by atomic mass is 79.9.